The van der Waals surface area contributed by atoms with Crippen LogP contribution in [0.3, 0.4) is 0 Å². The molecule has 0 aliphatic carbocycles. The molecule has 0 aromatic heterocycles. The van der Waals surface area contributed by atoms with Crippen molar-refractivity contribution in [3.63, 3.8) is 0 Å². The lowest BCUT2D eigenvalue weighted by Gasteiger charge is -2.41. The van der Waals surface area contributed by atoms with Gasteiger partial charge < -0.3 is 20.1 Å². The Balaban J connectivity index is 1.78. The van der Waals surface area contributed by atoms with Crippen molar-refractivity contribution in [1.29, 1.82) is 0 Å². The van der Waals surface area contributed by atoms with Crippen LogP contribution in [0.15, 0.2) is 0 Å². The smallest absolute Gasteiger partial charge is 0.0701 e. The zero-order chi connectivity index (χ0) is 14.6. The molecule has 20 heavy (non-hydrogen) atoms. The van der Waals surface area contributed by atoms with Gasteiger partial charge in [0.05, 0.1) is 26.4 Å². The van der Waals surface area contributed by atoms with Crippen LogP contribution in [0.1, 0.15) is 27.2 Å². The highest BCUT2D eigenvalue weighted by Gasteiger charge is 2.26. The molecule has 0 radical (unpaired) electrons. The highest BCUT2D eigenvalue weighted by atomic mass is 16.5. The number of nitrogens with zero attached hydrogens (tertiary/aromatic N) is 1. The van der Waals surface area contributed by atoms with Crippen LogP contribution in [0.2, 0.25) is 0 Å². The number of nitrogens with one attached hydrogen (secondary N) is 2. The Hall–Kier alpha value is -0.200. The summed E-state index contributed by atoms with van der Waals surface area (Å²) < 4.78 is 11.0. The van der Waals surface area contributed by atoms with Crippen molar-refractivity contribution < 1.29 is 9.47 Å². The summed E-state index contributed by atoms with van der Waals surface area (Å²) >= 11 is 0. The highest BCUT2D eigenvalue weighted by Crippen LogP contribution is 2.08. The van der Waals surface area contributed by atoms with Gasteiger partial charge >= 0.3 is 0 Å². The predicted molar refractivity (Wildman–Crippen MR) is 83.3 cm³/mol. The molecule has 0 spiro atoms. The molecule has 1 heterocycles. The van der Waals surface area contributed by atoms with Crippen molar-refractivity contribution in [2.45, 2.75) is 39.3 Å². The van der Waals surface area contributed by atoms with E-state index in [2.05, 4.69) is 36.3 Å². The van der Waals surface area contributed by atoms with Crippen molar-refractivity contribution in [3.8, 4) is 0 Å². The summed E-state index contributed by atoms with van der Waals surface area (Å²) in [5.74, 6) is 0. The molecule has 0 bridgehead atoms. The first kappa shape index (κ1) is 17.9. The third kappa shape index (κ3) is 8.17. The van der Waals surface area contributed by atoms with Crippen molar-refractivity contribution in [3.05, 3.63) is 0 Å². The first-order valence-electron chi connectivity index (χ1n) is 8.10. The second kappa shape index (κ2) is 11.5. The van der Waals surface area contributed by atoms with Gasteiger partial charge in [-0.2, -0.15) is 0 Å². The molecule has 1 fully saturated rings. The molecule has 0 aromatic carbocycles. The third-order valence-electron chi connectivity index (χ3n) is 3.69. The van der Waals surface area contributed by atoms with E-state index in [-0.39, 0.29) is 0 Å². The minimum Gasteiger partial charge on any atom is -0.378 e. The fourth-order valence-electron chi connectivity index (χ4n) is 2.21. The van der Waals surface area contributed by atoms with Gasteiger partial charge in [0.15, 0.2) is 0 Å². The van der Waals surface area contributed by atoms with Gasteiger partial charge in [-0.05, 0) is 19.9 Å². The molecule has 1 saturated heterocycles. The lowest BCUT2D eigenvalue weighted by atomic mass is 10.1. The number of likely N-dealkylation sites (N-methyl/N-ethyl adjacent to an activating group) is 1. The molecule has 1 rings (SSSR count). The maximum Gasteiger partial charge on any atom is 0.0701 e. The molecule has 2 N–H and O–H groups in total. The normalized spacial score (nSPS) is 18.1. The van der Waals surface area contributed by atoms with E-state index in [4.69, 9.17) is 9.47 Å². The fraction of sp³-hybridized carbons (Fsp3) is 1.00. The molecule has 5 nitrogen and oxygen atoms in total. The van der Waals surface area contributed by atoms with Crippen LogP contribution in [0, 0.1) is 0 Å². The Labute approximate surface area is 124 Å². The average molecular weight is 287 g/mol. The lowest BCUT2D eigenvalue weighted by molar-refractivity contribution is 0.0247. The van der Waals surface area contributed by atoms with Crippen LogP contribution in [-0.4, -0.2) is 76.1 Å². The van der Waals surface area contributed by atoms with E-state index in [1.54, 1.807) is 0 Å². The Kier molecular flexibility index (Phi) is 10.2. The molecule has 0 saturated carbocycles. The lowest BCUT2D eigenvalue weighted by Crippen LogP contribution is -2.60. The predicted octanol–water partition coefficient (Wildman–Crippen LogP) is 0.701. The van der Waals surface area contributed by atoms with E-state index in [1.807, 2.05) is 0 Å². The van der Waals surface area contributed by atoms with Crippen molar-refractivity contribution >= 4 is 0 Å². The van der Waals surface area contributed by atoms with Crippen LogP contribution < -0.4 is 10.6 Å². The zero-order valence-corrected chi connectivity index (χ0v) is 13.5. The van der Waals surface area contributed by atoms with Crippen molar-refractivity contribution in [1.82, 2.24) is 15.5 Å². The summed E-state index contributed by atoms with van der Waals surface area (Å²) in [6.07, 6.45) is 1.20. The monoisotopic (exact) mass is 287 g/mol. The first-order chi connectivity index (χ1) is 9.76. The standard InChI is InChI=1S/C15H33N3O2/c1-4-14(3)17-15-12-18(13-15)7-9-20-11-10-19-8-6-16-5-2/h14-17H,4-13H2,1-3H3. The quantitative estimate of drug-likeness (QED) is 0.488. The number of ether oxygens (including phenoxy) is 2. The van der Waals surface area contributed by atoms with Gasteiger partial charge in [-0.25, -0.2) is 0 Å². The van der Waals surface area contributed by atoms with Gasteiger partial charge in [-0.15, -0.1) is 0 Å². The van der Waals surface area contributed by atoms with E-state index >= 15 is 0 Å². The van der Waals surface area contributed by atoms with Gasteiger partial charge in [0.25, 0.3) is 0 Å². The van der Waals surface area contributed by atoms with Gasteiger partial charge in [0.2, 0.25) is 0 Å². The summed E-state index contributed by atoms with van der Waals surface area (Å²) in [6.45, 7) is 14.8. The molecule has 1 atom stereocenters. The summed E-state index contributed by atoms with van der Waals surface area (Å²) in [5.41, 5.74) is 0. The molecule has 1 aliphatic heterocycles. The molecular weight excluding hydrogens is 254 g/mol. The van der Waals surface area contributed by atoms with Crippen LogP contribution in [0.25, 0.3) is 0 Å². The maximum absolute atomic E-state index is 5.58. The van der Waals surface area contributed by atoms with Crippen molar-refractivity contribution in [2.75, 3.05) is 59.2 Å². The largest absolute Gasteiger partial charge is 0.378 e. The summed E-state index contributed by atoms with van der Waals surface area (Å²) in [4.78, 5) is 2.44. The fourth-order valence-corrected chi connectivity index (χ4v) is 2.21. The molecule has 5 heteroatoms. The Bertz CT molecular complexity index is 223. The van der Waals surface area contributed by atoms with E-state index in [0.717, 1.165) is 45.9 Å². The number of rotatable bonds is 13. The Morgan fingerprint density at radius 1 is 1.10 bits per heavy atom. The van der Waals surface area contributed by atoms with E-state index < -0.39 is 0 Å². The van der Waals surface area contributed by atoms with E-state index in [0.29, 0.717) is 25.3 Å². The van der Waals surface area contributed by atoms with Gasteiger partial charge in [0.1, 0.15) is 0 Å². The second-order valence-corrected chi connectivity index (χ2v) is 5.51. The number of likely N-dealkylation sites (tertiary alicyclic amines) is 1. The first-order valence-corrected chi connectivity index (χ1v) is 8.10. The summed E-state index contributed by atoms with van der Waals surface area (Å²) in [7, 11) is 0. The van der Waals surface area contributed by atoms with Crippen molar-refractivity contribution in [2.24, 2.45) is 0 Å². The Morgan fingerprint density at radius 2 is 1.80 bits per heavy atom. The molecule has 120 valence electrons. The zero-order valence-electron chi connectivity index (χ0n) is 13.5. The minimum absolute atomic E-state index is 0.637. The third-order valence-corrected chi connectivity index (χ3v) is 3.69. The van der Waals surface area contributed by atoms with Gasteiger partial charge in [0, 0.05) is 38.3 Å². The molecule has 1 unspecified atom stereocenters. The highest BCUT2D eigenvalue weighted by molar-refractivity contribution is 4.86. The van der Waals surface area contributed by atoms with Crippen LogP contribution in [0.5, 0.6) is 0 Å². The maximum atomic E-state index is 5.58. The van der Waals surface area contributed by atoms with Gasteiger partial charge in [-0.3, -0.25) is 4.90 Å². The van der Waals surface area contributed by atoms with Crippen LogP contribution in [-0.2, 0) is 9.47 Å². The number of hydrogen-bond acceptors (Lipinski definition) is 5. The minimum atomic E-state index is 0.637. The van der Waals surface area contributed by atoms with Crippen LogP contribution >= 0.6 is 0 Å². The average Bonchev–Trinajstić information content (AvgIpc) is 2.42. The molecular formula is C15H33N3O2. The van der Waals surface area contributed by atoms with Crippen LogP contribution in [0.4, 0.5) is 0 Å². The molecule has 1 aliphatic rings. The molecule has 0 aromatic rings. The topological polar surface area (TPSA) is 45.8 Å². The van der Waals surface area contributed by atoms with E-state index in [1.165, 1.54) is 6.42 Å². The summed E-state index contributed by atoms with van der Waals surface area (Å²) in [6, 6.07) is 1.32. The summed E-state index contributed by atoms with van der Waals surface area (Å²) in [5, 5.41) is 6.85. The van der Waals surface area contributed by atoms with Gasteiger partial charge in [-0.1, -0.05) is 13.8 Å². The second-order valence-electron chi connectivity index (χ2n) is 5.51. The van der Waals surface area contributed by atoms with E-state index in [9.17, 15) is 0 Å². The Morgan fingerprint density at radius 3 is 2.45 bits per heavy atom. The SMILES string of the molecule is CCNCCOCCOCCN1CC(NC(C)CC)C1. The number of hydrogen-bond donors (Lipinski definition) is 2. The molecule has 0 amide bonds.